The van der Waals surface area contributed by atoms with Crippen LogP contribution in [0, 0.1) is 0 Å². The van der Waals surface area contributed by atoms with E-state index in [0.29, 0.717) is 11.6 Å². The number of nitrogens with zero attached hydrogens (tertiary/aromatic N) is 2. The molecule has 0 fully saturated rings. The summed E-state index contributed by atoms with van der Waals surface area (Å²) >= 11 is 7.38. The van der Waals surface area contributed by atoms with Crippen molar-refractivity contribution < 1.29 is 9.47 Å². The summed E-state index contributed by atoms with van der Waals surface area (Å²) in [6.45, 7) is 0. The van der Waals surface area contributed by atoms with Crippen molar-refractivity contribution in [2.75, 3.05) is 7.11 Å². The van der Waals surface area contributed by atoms with Gasteiger partial charge < -0.3 is 9.47 Å². The number of rotatable bonds is 3. The Bertz CT molecular complexity index is 712. The number of hydrogen-bond donors (Lipinski definition) is 0. The van der Waals surface area contributed by atoms with Crippen molar-refractivity contribution in [2.45, 2.75) is 0 Å². The zero-order valence-electron chi connectivity index (χ0n) is 9.96. The van der Waals surface area contributed by atoms with Gasteiger partial charge in [-0.15, -0.1) is 11.3 Å². The van der Waals surface area contributed by atoms with E-state index in [1.807, 2.05) is 35.7 Å². The van der Waals surface area contributed by atoms with Gasteiger partial charge in [0, 0.05) is 0 Å². The zero-order chi connectivity index (χ0) is 13.2. The van der Waals surface area contributed by atoms with E-state index in [2.05, 4.69) is 9.97 Å². The van der Waals surface area contributed by atoms with E-state index in [0.717, 1.165) is 16.0 Å². The van der Waals surface area contributed by atoms with Crippen LogP contribution in [0.3, 0.4) is 0 Å². The minimum atomic E-state index is 0.179. The Labute approximate surface area is 118 Å². The second-order valence-corrected chi connectivity index (χ2v) is 4.95. The van der Waals surface area contributed by atoms with Crippen LogP contribution in [0.5, 0.6) is 17.4 Å². The van der Waals surface area contributed by atoms with Crippen molar-refractivity contribution in [2.24, 2.45) is 0 Å². The van der Waals surface area contributed by atoms with Gasteiger partial charge >= 0.3 is 0 Å². The molecule has 0 saturated heterocycles. The standard InChI is InChI=1S/C13H9ClN2O2S/c1-17-8-2-4-9(5-3-8)18-11-10-6-7-19-12(10)16-13(14)15-11/h2-7H,1H3. The molecule has 0 aliphatic rings. The topological polar surface area (TPSA) is 44.2 Å². The van der Waals surface area contributed by atoms with Gasteiger partial charge in [0.25, 0.3) is 0 Å². The number of halogens is 1. The summed E-state index contributed by atoms with van der Waals surface area (Å²) in [5, 5.41) is 2.96. The third-order valence-electron chi connectivity index (χ3n) is 2.54. The molecule has 0 N–H and O–H groups in total. The molecule has 1 aromatic carbocycles. The fourth-order valence-electron chi connectivity index (χ4n) is 1.64. The lowest BCUT2D eigenvalue weighted by molar-refractivity contribution is 0.412. The Morgan fingerprint density at radius 2 is 1.79 bits per heavy atom. The van der Waals surface area contributed by atoms with E-state index in [1.54, 1.807) is 7.11 Å². The second kappa shape index (κ2) is 5.03. The highest BCUT2D eigenvalue weighted by Gasteiger charge is 2.10. The predicted octanol–water partition coefficient (Wildman–Crippen LogP) is 4.15. The fourth-order valence-corrected chi connectivity index (χ4v) is 2.60. The van der Waals surface area contributed by atoms with Crippen LogP contribution in [0.15, 0.2) is 35.7 Å². The second-order valence-electron chi connectivity index (χ2n) is 3.71. The summed E-state index contributed by atoms with van der Waals surface area (Å²) in [4.78, 5) is 9.07. The monoisotopic (exact) mass is 292 g/mol. The molecule has 0 radical (unpaired) electrons. The number of thiophene rings is 1. The number of benzene rings is 1. The van der Waals surface area contributed by atoms with Crippen molar-refractivity contribution in [3.05, 3.63) is 41.0 Å². The summed E-state index contributed by atoms with van der Waals surface area (Å²) in [5.41, 5.74) is 0. The van der Waals surface area contributed by atoms with E-state index in [4.69, 9.17) is 21.1 Å². The maximum Gasteiger partial charge on any atom is 0.232 e. The van der Waals surface area contributed by atoms with Crippen LogP contribution in [0.1, 0.15) is 0 Å². The third kappa shape index (κ3) is 2.47. The molecule has 96 valence electrons. The molecule has 0 bridgehead atoms. The molecule has 0 saturated carbocycles. The van der Waals surface area contributed by atoms with Crippen LogP contribution in [-0.2, 0) is 0 Å². The first kappa shape index (κ1) is 12.2. The number of fused-ring (bicyclic) bond motifs is 1. The largest absolute Gasteiger partial charge is 0.497 e. The lowest BCUT2D eigenvalue weighted by Gasteiger charge is -2.06. The van der Waals surface area contributed by atoms with Gasteiger partial charge in [-0.3, -0.25) is 0 Å². The highest BCUT2D eigenvalue weighted by atomic mass is 35.5. The molecule has 2 heterocycles. The lowest BCUT2D eigenvalue weighted by Crippen LogP contribution is -1.91. The van der Waals surface area contributed by atoms with Crippen molar-refractivity contribution in [1.82, 2.24) is 9.97 Å². The molecule has 6 heteroatoms. The average Bonchev–Trinajstić information content (AvgIpc) is 2.88. The smallest absolute Gasteiger partial charge is 0.232 e. The first-order chi connectivity index (χ1) is 9.26. The minimum Gasteiger partial charge on any atom is -0.497 e. The van der Waals surface area contributed by atoms with E-state index < -0.39 is 0 Å². The quantitative estimate of drug-likeness (QED) is 0.680. The molecule has 0 atom stereocenters. The molecule has 0 amide bonds. The van der Waals surface area contributed by atoms with Gasteiger partial charge in [-0.1, -0.05) is 0 Å². The zero-order valence-corrected chi connectivity index (χ0v) is 11.5. The van der Waals surface area contributed by atoms with E-state index in [9.17, 15) is 0 Å². The Hall–Kier alpha value is -1.85. The molecule has 3 aromatic rings. The van der Waals surface area contributed by atoms with Crippen LogP contribution in [0.2, 0.25) is 5.28 Å². The van der Waals surface area contributed by atoms with Crippen molar-refractivity contribution in [3.63, 3.8) is 0 Å². The molecule has 0 aliphatic carbocycles. The first-order valence-corrected chi connectivity index (χ1v) is 6.74. The molecule has 2 aromatic heterocycles. The van der Waals surface area contributed by atoms with Gasteiger partial charge in [0.1, 0.15) is 16.3 Å². The maximum atomic E-state index is 5.88. The molecular weight excluding hydrogens is 284 g/mol. The van der Waals surface area contributed by atoms with E-state index >= 15 is 0 Å². The summed E-state index contributed by atoms with van der Waals surface area (Å²) in [6, 6.07) is 9.18. The minimum absolute atomic E-state index is 0.179. The lowest BCUT2D eigenvalue weighted by atomic mass is 10.3. The van der Waals surface area contributed by atoms with Gasteiger partial charge in [-0.2, -0.15) is 4.98 Å². The number of methoxy groups -OCH3 is 1. The van der Waals surface area contributed by atoms with Crippen molar-refractivity contribution >= 4 is 33.2 Å². The Kier molecular flexibility index (Phi) is 3.23. The Balaban J connectivity index is 1.97. The van der Waals surface area contributed by atoms with Crippen LogP contribution in [0.4, 0.5) is 0 Å². The first-order valence-electron chi connectivity index (χ1n) is 5.49. The maximum absolute atomic E-state index is 5.88. The van der Waals surface area contributed by atoms with E-state index in [-0.39, 0.29) is 5.28 Å². The van der Waals surface area contributed by atoms with Crippen LogP contribution < -0.4 is 9.47 Å². The molecule has 19 heavy (non-hydrogen) atoms. The Morgan fingerprint density at radius 1 is 1.05 bits per heavy atom. The van der Waals surface area contributed by atoms with Crippen molar-refractivity contribution in [3.8, 4) is 17.4 Å². The van der Waals surface area contributed by atoms with Gasteiger partial charge in [-0.25, -0.2) is 4.98 Å². The highest BCUT2D eigenvalue weighted by molar-refractivity contribution is 7.16. The van der Waals surface area contributed by atoms with E-state index in [1.165, 1.54) is 11.3 Å². The molecule has 0 unspecified atom stereocenters. The van der Waals surface area contributed by atoms with Crippen LogP contribution in [-0.4, -0.2) is 17.1 Å². The van der Waals surface area contributed by atoms with Crippen LogP contribution in [0.25, 0.3) is 10.2 Å². The fraction of sp³-hybridized carbons (Fsp3) is 0.0769. The van der Waals surface area contributed by atoms with Crippen molar-refractivity contribution in [1.29, 1.82) is 0 Å². The van der Waals surface area contributed by atoms with Crippen LogP contribution >= 0.6 is 22.9 Å². The SMILES string of the molecule is COc1ccc(Oc2nc(Cl)nc3sccc23)cc1. The number of hydrogen-bond acceptors (Lipinski definition) is 5. The molecular formula is C13H9ClN2O2S. The summed E-state index contributed by atoms with van der Waals surface area (Å²) < 4.78 is 10.8. The van der Waals surface area contributed by atoms with Gasteiger partial charge in [0.2, 0.25) is 11.2 Å². The summed E-state index contributed by atoms with van der Waals surface area (Å²) in [5.74, 6) is 1.90. The van der Waals surface area contributed by atoms with Gasteiger partial charge in [0.05, 0.1) is 12.5 Å². The summed E-state index contributed by atoms with van der Waals surface area (Å²) in [7, 11) is 1.62. The summed E-state index contributed by atoms with van der Waals surface area (Å²) in [6.07, 6.45) is 0. The normalized spacial score (nSPS) is 10.6. The van der Waals surface area contributed by atoms with Gasteiger partial charge in [0.15, 0.2) is 0 Å². The molecule has 4 nitrogen and oxygen atoms in total. The third-order valence-corrected chi connectivity index (χ3v) is 3.51. The number of ether oxygens (including phenoxy) is 2. The Morgan fingerprint density at radius 3 is 2.53 bits per heavy atom. The highest BCUT2D eigenvalue weighted by Crippen LogP contribution is 2.31. The van der Waals surface area contributed by atoms with Gasteiger partial charge in [-0.05, 0) is 47.3 Å². The molecule has 3 rings (SSSR count). The number of aromatic nitrogens is 2. The molecule has 0 aliphatic heterocycles. The average molecular weight is 293 g/mol. The molecule has 0 spiro atoms. The predicted molar refractivity (Wildman–Crippen MR) is 75.5 cm³/mol.